The van der Waals surface area contributed by atoms with Crippen LogP contribution in [0.2, 0.25) is 0 Å². The van der Waals surface area contributed by atoms with E-state index in [1.165, 1.54) is 24.8 Å². The Kier molecular flexibility index (Phi) is 5.62. The molecule has 5 nitrogen and oxygen atoms in total. The first kappa shape index (κ1) is 19.1. The lowest BCUT2D eigenvalue weighted by Gasteiger charge is -2.35. The number of alkyl halides is 3. The average molecular weight is 378 g/mol. The molecule has 0 aliphatic carbocycles. The summed E-state index contributed by atoms with van der Waals surface area (Å²) in [6, 6.07) is 4.70. The first-order valence-corrected chi connectivity index (χ1v) is 8.96. The number of rotatable bonds is 4. The molecular weight excluding hydrogens is 357 g/mol. The van der Waals surface area contributed by atoms with Gasteiger partial charge in [0.2, 0.25) is 0 Å². The van der Waals surface area contributed by atoms with E-state index in [1.54, 1.807) is 6.20 Å². The molecule has 0 spiro atoms. The van der Waals surface area contributed by atoms with E-state index in [2.05, 4.69) is 27.1 Å². The highest BCUT2D eigenvalue weighted by atomic mass is 19.4. The molecule has 2 aromatic rings. The van der Waals surface area contributed by atoms with Crippen molar-refractivity contribution >= 4 is 17.4 Å². The Morgan fingerprint density at radius 1 is 1.19 bits per heavy atom. The van der Waals surface area contributed by atoms with Gasteiger partial charge in [0, 0.05) is 18.3 Å². The maximum Gasteiger partial charge on any atom is 0.416 e. The molecule has 1 aromatic carbocycles. The van der Waals surface area contributed by atoms with Crippen molar-refractivity contribution in [2.45, 2.75) is 44.8 Å². The van der Waals surface area contributed by atoms with Gasteiger partial charge < -0.3 is 10.2 Å². The Bertz CT molecular complexity index is 775. The van der Waals surface area contributed by atoms with Gasteiger partial charge in [-0.3, -0.25) is 4.79 Å². The van der Waals surface area contributed by atoms with Gasteiger partial charge in [0.05, 0.1) is 18.0 Å². The van der Waals surface area contributed by atoms with Crippen LogP contribution in [0.25, 0.3) is 0 Å². The van der Waals surface area contributed by atoms with Gasteiger partial charge in [-0.25, -0.2) is 9.97 Å². The number of anilines is 2. The highest BCUT2D eigenvalue weighted by Gasteiger charge is 2.30. The van der Waals surface area contributed by atoms with E-state index in [1.807, 2.05) is 0 Å². The summed E-state index contributed by atoms with van der Waals surface area (Å²) in [7, 11) is 0. The van der Waals surface area contributed by atoms with Crippen LogP contribution in [0.15, 0.2) is 36.7 Å². The van der Waals surface area contributed by atoms with Crippen molar-refractivity contribution < 1.29 is 18.0 Å². The number of hydrogen-bond donors (Lipinski definition) is 1. The average Bonchev–Trinajstić information content (AvgIpc) is 2.68. The molecular formula is C19H21F3N4O. The minimum absolute atomic E-state index is 0.115. The van der Waals surface area contributed by atoms with Gasteiger partial charge in [0.25, 0.3) is 5.91 Å². The Labute approximate surface area is 155 Å². The summed E-state index contributed by atoms with van der Waals surface area (Å²) in [4.78, 5) is 23.0. The smallest absolute Gasteiger partial charge is 0.352 e. The lowest BCUT2D eigenvalue weighted by atomic mass is 10.0. The van der Waals surface area contributed by atoms with Crippen LogP contribution in [-0.4, -0.2) is 28.5 Å². The summed E-state index contributed by atoms with van der Waals surface area (Å²) in [6.45, 7) is 3.06. The number of halogens is 3. The van der Waals surface area contributed by atoms with Gasteiger partial charge in [-0.2, -0.15) is 13.2 Å². The van der Waals surface area contributed by atoms with E-state index in [9.17, 15) is 18.0 Å². The van der Waals surface area contributed by atoms with Crippen molar-refractivity contribution in [2.24, 2.45) is 0 Å². The number of amides is 1. The predicted molar refractivity (Wildman–Crippen MR) is 96.7 cm³/mol. The zero-order chi connectivity index (χ0) is 19.4. The van der Waals surface area contributed by atoms with Crippen LogP contribution in [0, 0.1) is 0 Å². The Balaban J connectivity index is 1.67. The molecule has 27 heavy (non-hydrogen) atoms. The molecule has 1 atom stereocenters. The second kappa shape index (κ2) is 7.94. The van der Waals surface area contributed by atoms with Crippen molar-refractivity contribution in [1.29, 1.82) is 0 Å². The molecule has 1 N–H and O–H groups in total. The van der Waals surface area contributed by atoms with Gasteiger partial charge in [-0.1, -0.05) is 6.92 Å². The van der Waals surface area contributed by atoms with E-state index >= 15 is 0 Å². The number of nitrogens with one attached hydrogen (secondary N) is 1. The third kappa shape index (κ3) is 4.56. The zero-order valence-corrected chi connectivity index (χ0v) is 15.0. The van der Waals surface area contributed by atoms with Gasteiger partial charge in [-0.05, 0) is 49.9 Å². The molecule has 1 aromatic heterocycles. The number of hydrogen-bond acceptors (Lipinski definition) is 4. The monoisotopic (exact) mass is 378 g/mol. The normalized spacial score (nSPS) is 17.6. The van der Waals surface area contributed by atoms with E-state index in [-0.39, 0.29) is 11.4 Å². The van der Waals surface area contributed by atoms with Crippen LogP contribution in [-0.2, 0) is 6.18 Å². The minimum atomic E-state index is -4.41. The molecule has 144 valence electrons. The highest BCUT2D eigenvalue weighted by molar-refractivity contribution is 6.02. The fourth-order valence-corrected chi connectivity index (χ4v) is 3.25. The van der Waals surface area contributed by atoms with Crippen molar-refractivity contribution in [3.8, 4) is 0 Å². The summed E-state index contributed by atoms with van der Waals surface area (Å²) in [5, 5.41) is 2.53. The summed E-state index contributed by atoms with van der Waals surface area (Å²) in [5.41, 5.74) is -0.388. The molecule has 1 fully saturated rings. The first-order chi connectivity index (χ1) is 12.9. The van der Waals surface area contributed by atoms with Crippen molar-refractivity contribution in [3.05, 3.63) is 47.9 Å². The fourth-order valence-electron chi connectivity index (χ4n) is 3.25. The van der Waals surface area contributed by atoms with E-state index in [4.69, 9.17) is 0 Å². The van der Waals surface area contributed by atoms with Crippen molar-refractivity contribution in [3.63, 3.8) is 0 Å². The molecule has 0 bridgehead atoms. The SMILES string of the molecule is CCC1CCCCN1c1cnc(C(=O)Nc2ccc(C(F)(F)F)cc2)cn1. The van der Waals surface area contributed by atoms with Crippen LogP contribution >= 0.6 is 0 Å². The fraction of sp³-hybridized carbons (Fsp3) is 0.421. The number of carbonyl (C=O) groups excluding carboxylic acids is 1. The number of aromatic nitrogens is 2. The molecule has 8 heteroatoms. The lowest BCUT2D eigenvalue weighted by molar-refractivity contribution is -0.137. The summed E-state index contributed by atoms with van der Waals surface area (Å²) in [5.74, 6) is 0.229. The summed E-state index contributed by atoms with van der Waals surface area (Å²) in [6.07, 6.45) is 3.02. The van der Waals surface area contributed by atoms with Crippen molar-refractivity contribution in [1.82, 2.24) is 9.97 Å². The zero-order valence-electron chi connectivity index (χ0n) is 15.0. The second-order valence-corrected chi connectivity index (χ2v) is 6.54. The second-order valence-electron chi connectivity index (χ2n) is 6.54. The molecule has 1 unspecified atom stereocenters. The molecule has 1 aliphatic heterocycles. The van der Waals surface area contributed by atoms with Gasteiger partial charge in [0.15, 0.2) is 0 Å². The number of carbonyl (C=O) groups is 1. The van der Waals surface area contributed by atoms with Crippen LogP contribution in [0.3, 0.4) is 0 Å². The number of nitrogens with zero attached hydrogens (tertiary/aromatic N) is 3. The molecule has 1 amide bonds. The lowest BCUT2D eigenvalue weighted by Crippen LogP contribution is -2.39. The van der Waals surface area contributed by atoms with Crippen LogP contribution in [0.5, 0.6) is 0 Å². The van der Waals surface area contributed by atoms with Crippen LogP contribution in [0.4, 0.5) is 24.7 Å². The van der Waals surface area contributed by atoms with E-state index < -0.39 is 17.6 Å². The predicted octanol–water partition coefficient (Wildman–Crippen LogP) is 4.52. The van der Waals surface area contributed by atoms with Crippen LogP contribution < -0.4 is 10.2 Å². The molecule has 2 heterocycles. The third-order valence-electron chi connectivity index (χ3n) is 4.73. The Hall–Kier alpha value is -2.64. The highest BCUT2D eigenvalue weighted by Crippen LogP contribution is 2.30. The number of benzene rings is 1. The molecule has 0 saturated carbocycles. The largest absolute Gasteiger partial charge is 0.416 e. The van der Waals surface area contributed by atoms with Gasteiger partial charge >= 0.3 is 6.18 Å². The maximum atomic E-state index is 12.6. The molecule has 1 aliphatic rings. The van der Waals surface area contributed by atoms with Crippen molar-refractivity contribution in [2.75, 3.05) is 16.8 Å². The third-order valence-corrected chi connectivity index (χ3v) is 4.73. The summed E-state index contributed by atoms with van der Waals surface area (Å²) < 4.78 is 37.7. The molecule has 3 rings (SSSR count). The molecule has 0 radical (unpaired) electrons. The summed E-state index contributed by atoms with van der Waals surface area (Å²) >= 11 is 0. The molecule has 1 saturated heterocycles. The van der Waals surface area contributed by atoms with Gasteiger partial charge in [0.1, 0.15) is 11.5 Å². The van der Waals surface area contributed by atoms with E-state index in [0.29, 0.717) is 6.04 Å². The van der Waals surface area contributed by atoms with Gasteiger partial charge in [-0.15, -0.1) is 0 Å². The Morgan fingerprint density at radius 2 is 1.93 bits per heavy atom. The topological polar surface area (TPSA) is 58.1 Å². The quantitative estimate of drug-likeness (QED) is 0.850. The minimum Gasteiger partial charge on any atom is -0.352 e. The van der Waals surface area contributed by atoms with E-state index in [0.717, 1.165) is 43.8 Å². The maximum absolute atomic E-state index is 12.6. The standard InChI is InChI=1S/C19H21F3N4O/c1-2-15-5-3-4-10-26(15)17-12-23-16(11-24-17)18(27)25-14-8-6-13(7-9-14)19(20,21)22/h6-9,11-12,15H,2-5,10H2,1H3,(H,25,27). The first-order valence-electron chi connectivity index (χ1n) is 8.96. The number of piperidine rings is 1. The van der Waals surface area contributed by atoms with Crippen LogP contribution in [0.1, 0.15) is 48.7 Å². The Morgan fingerprint density at radius 3 is 2.52 bits per heavy atom.